The number of hydrogen-bond acceptors (Lipinski definition) is 3. The molecule has 0 saturated carbocycles. The van der Waals surface area contributed by atoms with Gasteiger partial charge < -0.3 is 5.73 Å². The van der Waals surface area contributed by atoms with Gasteiger partial charge >= 0.3 is 0 Å². The van der Waals surface area contributed by atoms with Crippen molar-refractivity contribution in [3.63, 3.8) is 0 Å². The molecule has 1 rings (SSSR count). The molecule has 60 valence electrons. The lowest BCUT2D eigenvalue weighted by Crippen LogP contribution is -1.94. The topological polar surface area (TPSA) is 73.5 Å². The maximum absolute atomic E-state index is 10.3. The normalized spacial score (nSPS) is 8.92. The standard InChI is InChI=1S/C7H5N3O2/c1-9-5-2-3-7(10(11)12)6(8)4-5/h2-4H,8H2. The largest absolute Gasteiger partial charge is 0.394 e. The highest BCUT2D eigenvalue weighted by Crippen LogP contribution is 2.25. The van der Waals surface area contributed by atoms with Crippen molar-refractivity contribution in [2.45, 2.75) is 0 Å². The van der Waals surface area contributed by atoms with Crippen LogP contribution in [0.3, 0.4) is 0 Å². The van der Waals surface area contributed by atoms with Crippen molar-refractivity contribution in [1.82, 2.24) is 0 Å². The molecule has 0 aliphatic heterocycles. The van der Waals surface area contributed by atoms with E-state index in [1.54, 1.807) is 0 Å². The van der Waals surface area contributed by atoms with E-state index in [0.717, 1.165) is 0 Å². The highest BCUT2D eigenvalue weighted by atomic mass is 16.6. The average Bonchev–Trinajstić information content (AvgIpc) is 2.03. The second-order valence-corrected chi connectivity index (χ2v) is 2.11. The lowest BCUT2D eigenvalue weighted by Gasteiger charge is -1.95. The first-order valence-electron chi connectivity index (χ1n) is 3.06. The van der Waals surface area contributed by atoms with Gasteiger partial charge in [0.1, 0.15) is 0 Å². The van der Waals surface area contributed by atoms with Gasteiger partial charge in [-0.3, -0.25) is 10.1 Å². The predicted octanol–water partition coefficient (Wildman–Crippen LogP) is 1.73. The zero-order chi connectivity index (χ0) is 9.14. The Hall–Kier alpha value is -2.09. The van der Waals surface area contributed by atoms with Crippen LogP contribution < -0.4 is 5.73 Å². The van der Waals surface area contributed by atoms with Gasteiger partial charge in [-0.05, 0) is 12.1 Å². The number of nitrogens with zero attached hydrogens (tertiary/aromatic N) is 2. The molecule has 2 N–H and O–H groups in total. The second kappa shape index (κ2) is 2.88. The predicted molar refractivity (Wildman–Crippen MR) is 43.8 cm³/mol. The van der Waals surface area contributed by atoms with Crippen molar-refractivity contribution < 1.29 is 4.92 Å². The molecule has 0 atom stereocenters. The van der Waals surface area contributed by atoms with Gasteiger partial charge in [0.05, 0.1) is 17.2 Å². The minimum absolute atomic E-state index is 0.0218. The summed E-state index contributed by atoms with van der Waals surface area (Å²) in [6, 6.07) is 3.87. The quantitative estimate of drug-likeness (QED) is 0.296. The van der Waals surface area contributed by atoms with E-state index in [-0.39, 0.29) is 11.4 Å². The van der Waals surface area contributed by atoms with Gasteiger partial charge in [-0.25, -0.2) is 4.85 Å². The first-order chi connectivity index (χ1) is 5.65. The van der Waals surface area contributed by atoms with Crippen LogP contribution in [-0.4, -0.2) is 4.92 Å². The minimum atomic E-state index is -0.580. The third kappa shape index (κ3) is 1.32. The summed E-state index contributed by atoms with van der Waals surface area (Å²) >= 11 is 0. The van der Waals surface area contributed by atoms with Crippen LogP contribution >= 0.6 is 0 Å². The Bertz CT molecular complexity index is 367. The highest BCUT2D eigenvalue weighted by molar-refractivity contribution is 5.66. The molecule has 0 bridgehead atoms. The summed E-state index contributed by atoms with van der Waals surface area (Å²) in [5.74, 6) is 0. The second-order valence-electron chi connectivity index (χ2n) is 2.11. The fraction of sp³-hybridized carbons (Fsp3) is 0. The van der Waals surface area contributed by atoms with Gasteiger partial charge in [-0.1, -0.05) is 0 Å². The van der Waals surface area contributed by atoms with E-state index in [4.69, 9.17) is 12.3 Å². The fourth-order valence-corrected chi connectivity index (χ4v) is 0.778. The molecule has 1 aromatic carbocycles. The smallest absolute Gasteiger partial charge is 0.289 e. The molecule has 0 heterocycles. The third-order valence-electron chi connectivity index (χ3n) is 1.34. The number of rotatable bonds is 1. The van der Waals surface area contributed by atoms with Crippen LogP contribution in [0.25, 0.3) is 4.85 Å². The molecule has 5 heteroatoms. The van der Waals surface area contributed by atoms with Crippen LogP contribution in [0.2, 0.25) is 0 Å². The van der Waals surface area contributed by atoms with Crippen LogP contribution in [-0.2, 0) is 0 Å². The van der Waals surface area contributed by atoms with Gasteiger partial charge in [0.2, 0.25) is 0 Å². The Morgan fingerprint density at radius 2 is 2.25 bits per heavy atom. The summed E-state index contributed by atoms with van der Waals surface area (Å²) in [6.07, 6.45) is 0. The number of anilines is 1. The van der Waals surface area contributed by atoms with Gasteiger partial charge in [0.15, 0.2) is 5.69 Å². The number of nitro benzene ring substituents is 1. The Labute approximate surface area is 68.4 Å². The highest BCUT2D eigenvalue weighted by Gasteiger charge is 2.09. The van der Waals surface area contributed by atoms with E-state index in [1.807, 2.05) is 0 Å². The molecule has 0 amide bonds. The molecule has 5 nitrogen and oxygen atoms in total. The molecule has 0 unspecified atom stereocenters. The molecule has 12 heavy (non-hydrogen) atoms. The Morgan fingerprint density at radius 3 is 2.67 bits per heavy atom. The maximum atomic E-state index is 10.3. The molecular weight excluding hydrogens is 158 g/mol. The molecule has 0 saturated heterocycles. The van der Waals surface area contributed by atoms with Gasteiger partial charge in [-0.15, -0.1) is 0 Å². The van der Waals surface area contributed by atoms with Crippen LogP contribution in [0.5, 0.6) is 0 Å². The van der Waals surface area contributed by atoms with E-state index >= 15 is 0 Å². The van der Waals surface area contributed by atoms with E-state index in [1.165, 1.54) is 18.2 Å². The summed E-state index contributed by atoms with van der Waals surface area (Å²) in [4.78, 5) is 12.8. The van der Waals surface area contributed by atoms with Crippen molar-refractivity contribution in [2.24, 2.45) is 0 Å². The Kier molecular flexibility index (Phi) is 1.92. The van der Waals surface area contributed by atoms with Crippen molar-refractivity contribution in [1.29, 1.82) is 0 Å². The zero-order valence-electron chi connectivity index (χ0n) is 6.02. The van der Waals surface area contributed by atoms with E-state index in [2.05, 4.69) is 4.85 Å². The van der Waals surface area contributed by atoms with Crippen LogP contribution in [0.1, 0.15) is 0 Å². The van der Waals surface area contributed by atoms with Crippen LogP contribution in [0, 0.1) is 16.7 Å². The van der Waals surface area contributed by atoms with Gasteiger partial charge in [0, 0.05) is 6.07 Å². The van der Waals surface area contributed by atoms with Gasteiger partial charge in [0.25, 0.3) is 5.69 Å². The molecule has 0 aliphatic carbocycles. The molecular formula is C7H5N3O2. The Morgan fingerprint density at radius 1 is 1.58 bits per heavy atom. The number of nitrogen functional groups attached to an aromatic ring is 1. The molecule has 0 spiro atoms. The molecule has 0 radical (unpaired) electrons. The lowest BCUT2D eigenvalue weighted by atomic mass is 10.2. The first kappa shape index (κ1) is 8.01. The van der Waals surface area contributed by atoms with Crippen LogP contribution in [0.15, 0.2) is 18.2 Å². The van der Waals surface area contributed by atoms with Crippen molar-refractivity contribution in [3.05, 3.63) is 39.7 Å². The van der Waals surface area contributed by atoms with Gasteiger partial charge in [-0.2, -0.15) is 0 Å². The molecule has 0 aromatic heterocycles. The van der Waals surface area contributed by atoms with E-state index in [0.29, 0.717) is 5.69 Å². The van der Waals surface area contributed by atoms with Crippen LogP contribution in [0.4, 0.5) is 17.1 Å². The average molecular weight is 163 g/mol. The zero-order valence-corrected chi connectivity index (χ0v) is 6.02. The molecule has 1 aromatic rings. The summed E-state index contributed by atoms with van der Waals surface area (Å²) in [5, 5.41) is 10.3. The Balaban J connectivity index is 3.23. The first-order valence-corrected chi connectivity index (χ1v) is 3.06. The molecule has 0 aliphatic rings. The van der Waals surface area contributed by atoms with E-state index in [9.17, 15) is 10.1 Å². The summed E-state index contributed by atoms with van der Waals surface area (Å²) in [5.41, 5.74) is 5.47. The summed E-state index contributed by atoms with van der Waals surface area (Å²) in [6.45, 7) is 6.62. The number of hydrogen-bond donors (Lipinski definition) is 1. The van der Waals surface area contributed by atoms with Crippen molar-refractivity contribution >= 4 is 17.1 Å². The number of nitro groups is 1. The van der Waals surface area contributed by atoms with Crippen molar-refractivity contribution in [2.75, 3.05) is 5.73 Å². The number of benzene rings is 1. The fourth-order valence-electron chi connectivity index (χ4n) is 0.778. The van der Waals surface area contributed by atoms with Crippen molar-refractivity contribution in [3.8, 4) is 0 Å². The summed E-state index contributed by atoms with van der Waals surface area (Å²) < 4.78 is 0. The van der Waals surface area contributed by atoms with E-state index < -0.39 is 4.92 Å². The maximum Gasteiger partial charge on any atom is 0.289 e. The monoisotopic (exact) mass is 163 g/mol. The minimum Gasteiger partial charge on any atom is -0.394 e. The number of nitrogens with two attached hydrogens (primary N) is 1. The molecule has 0 fully saturated rings. The summed E-state index contributed by atoms with van der Waals surface area (Å²) in [7, 11) is 0. The lowest BCUT2D eigenvalue weighted by molar-refractivity contribution is -0.383. The SMILES string of the molecule is [C-]#[N+]c1ccc([N+](=O)[O-])c(N)c1. The third-order valence-corrected chi connectivity index (χ3v) is 1.34.